The number of nitrogens with zero attached hydrogens (tertiary/aromatic N) is 2. The Labute approximate surface area is 105 Å². The molecule has 1 N–H and O–H groups in total. The SMILES string of the molecule is Cc1nnc2sc3c(=O)[nH]cc(Cl)c3c2c1C. The first-order valence-corrected chi connectivity index (χ1v) is 6.22. The van der Waals surface area contributed by atoms with Gasteiger partial charge in [-0.05, 0) is 19.4 Å². The van der Waals surface area contributed by atoms with Crippen molar-refractivity contribution in [3.8, 4) is 0 Å². The van der Waals surface area contributed by atoms with Crippen LogP contribution in [0.1, 0.15) is 11.3 Å². The lowest BCUT2D eigenvalue weighted by Crippen LogP contribution is -2.02. The molecule has 0 aromatic carbocycles. The molecule has 0 radical (unpaired) electrons. The highest BCUT2D eigenvalue weighted by Crippen LogP contribution is 2.36. The summed E-state index contributed by atoms with van der Waals surface area (Å²) in [5.41, 5.74) is 1.74. The summed E-state index contributed by atoms with van der Waals surface area (Å²) in [5.74, 6) is 0. The van der Waals surface area contributed by atoms with Gasteiger partial charge in [0.05, 0.1) is 10.7 Å². The molecule has 86 valence electrons. The summed E-state index contributed by atoms with van der Waals surface area (Å²) in [4.78, 5) is 15.1. The third kappa shape index (κ3) is 1.39. The molecule has 3 heterocycles. The van der Waals surface area contributed by atoms with Crippen LogP contribution in [-0.2, 0) is 0 Å². The van der Waals surface area contributed by atoms with Crippen molar-refractivity contribution in [1.29, 1.82) is 0 Å². The Hall–Kier alpha value is -1.46. The van der Waals surface area contributed by atoms with Crippen LogP contribution < -0.4 is 5.56 Å². The minimum absolute atomic E-state index is 0.135. The van der Waals surface area contributed by atoms with Crippen LogP contribution in [0, 0.1) is 13.8 Å². The van der Waals surface area contributed by atoms with Gasteiger partial charge >= 0.3 is 0 Å². The summed E-state index contributed by atoms with van der Waals surface area (Å²) in [7, 11) is 0. The number of pyridine rings is 1. The number of rotatable bonds is 0. The summed E-state index contributed by atoms with van der Waals surface area (Å²) >= 11 is 7.49. The van der Waals surface area contributed by atoms with Gasteiger partial charge in [-0.1, -0.05) is 11.6 Å². The number of aryl methyl sites for hydroxylation is 2. The van der Waals surface area contributed by atoms with Crippen LogP contribution in [0.5, 0.6) is 0 Å². The van der Waals surface area contributed by atoms with Crippen molar-refractivity contribution in [2.24, 2.45) is 0 Å². The van der Waals surface area contributed by atoms with Crippen LogP contribution in [0.15, 0.2) is 11.0 Å². The number of fused-ring (bicyclic) bond motifs is 3. The average molecular weight is 266 g/mol. The van der Waals surface area contributed by atoms with Crippen LogP contribution in [0.2, 0.25) is 5.02 Å². The van der Waals surface area contributed by atoms with E-state index in [0.29, 0.717) is 9.72 Å². The standard InChI is InChI=1S/C11H8ClN3OS/c1-4-5(2)14-15-11-7(4)8-6(12)3-13-10(16)9(8)17-11/h3H,1-2H3,(H,13,16). The van der Waals surface area contributed by atoms with Crippen molar-refractivity contribution in [1.82, 2.24) is 15.2 Å². The lowest BCUT2D eigenvalue weighted by Gasteiger charge is -2.00. The monoisotopic (exact) mass is 265 g/mol. The average Bonchev–Trinajstić information content (AvgIpc) is 2.70. The highest BCUT2D eigenvalue weighted by molar-refractivity contribution is 7.25. The van der Waals surface area contributed by atoms with Crippen LogP contribution in [0.3, 0.4) is 0 Å². The molecular formula is C11H8ClN3OS. The maximum atomic E-state index is 11.7. The Morgan fingerprint density at radius 2 is 2.06 bits per heavy atom. The summed E-state index contributed by atoms with van der Waals surface area (Å²) in [6, 6.07) is 0. The zero-order valence-electron chi connectivity index (χ0n) is 9.17. The predicted octanol–water partition coefficient (Wildman–Crippen LogP) is 2.80. The number of aromatic nitrogens is 3. The Kier molecular flexibility index (Phi) is 2.21. The maximum absolute atomic E-state index is 11.7. The number of halogens is 1. The molecular weight excluding hydrogens is 258 g/mol. The minimum atomic E-state index is -0.135. The quantitative estimate of drug-likeness (QED) is 0.680. The molecule has 0 atom stereocenters. The smallest absolute Gasteiger partial charge is 0.266 e. The Morgan fingerprint density at radius 1 is 1.29 bits per heavy atom. The number of aromatic amines is 1. The lowest BCUT2D eigenvalue weighted by molar-refractivity contribution is 1.01. The third-order valence-corrected chi connectivity index (χ3v) is 4.24. The number of nitrogens with one attached hydrogen (secondary N) is 1. The zero-order valence-corrected chi connectivity index (χ0v) is 10.7. The molecule has 0 spiro atoms. The van der Waals surface area contributed by atoms with Crippen LogP contribution in [-0.4, -0.2) is 15.2 Å². The van der Waals surface area contributed by atoms with E-state index in [2.05, 4.69) is 15.2 Å². The van der Waals surface area contributed by atoms with E-state index in [1.807, 2.05) is 13.8 Å². The van der Waals surface area contributed by atoms with E-state index < -0.39 is 0 Å². The molecule has 3 aromatic heterocycles. The van der Waals surface area contributed by atoms with Crippen molar-refractivity contribution in [2.45, 2.75) is 13.8 Å². The molecule has 0 aliphatic heterocycles. The Bertz CT molecular complexity index is 806. The molecule has 3 rings (SSSR count). The summed E-state index contributed by atoms with van der Waals surface area (Å²) < 4.78 is 0.607. The van der Waals surface area contributed by atoms with E-state index in [1.165, 1.54) is 17.5 Å². The summed E-state index contributed by atoms with van der Waals surface area (Å²) in [5, 5.41) is 10.4. The second kappa shape index (κ2) is 3.51. The molecule has 0 fully saturated rings. The van der Waals surface area contributed by atoms with Crippen molar-refractivity contribution in [3.05, 3.63) is 32.8 Å². The molecule has 0 amide bonds. The number of hydrogen-bond donors (Lipinski definition) is 1. The fourth-order valence-corrected chi connectivity index (χ4v) is 3.27. The topological polar surface area (TPSA) is 58.6 Å². The molecule has 0 saturated heterocycles. The highest BCUT2D eigenvalue weighted by atomic mass is 35.5. The molecule has 17 heavy (non-hydrogen) atoms. The van der Waals surface area contributed by atoms with Gasteiger partial charge in [0.25, 0.3) is 5.56 Å². The minimum Gasteiger partial charge on any atom is -0.326 e. The molecule has 0 bridgehead atoms. The number of H-pyrrole nitrogens is 1. The fraction of sp³-hybridized carbons (Fsp3) is 0.182. The van der Waals surface area contributed by atoms with E-state index in [9.17, 15) is 4.79 Å². The summed E-state index contributed by atoms with van der Waals surface area (Å²) in [6.45, 7) is 3.86. The molecule has 0 aliphatic rings. The first-order valence-electron chi connectivity index (χ1n) is 5.03. The normalized spacial score (nSPS) is 11.5. The van der Waals surface area contributed by atoms with Gasteiger partial charge < -0.3 is 4.98 Å². The maximum Gasteiger partial charge on any atom is 0.266 e. The molecule has 4 nitrogen and oxygen atoms in total. The predicted molar refractivity (Wildman–Crippen MR) is 70.0 cm³/mol. The van der Waals surface area contributed by atoms with E-state index in [0.717, 1.165) is 26.9 Å². The first kappa shape index (κ1) is 10.7. The van der Waals surface area contributed by atoms with Crippen molar-refractivity contribution in [3.63, 3.8) is 0 Å². The molecule has 0 saturated carbocycles. The molecule has 3 aromatic rings. The van der Waals surface area contributed by atoms with Gasteiger partial charge in [0.2, 0.25) is 0 Å². The van der Waals surface area contributed by atoms with E-state index in [1.54, 1.807) is 0 Å². The van der Waals surface area contributed by atoms with E-state index >= 15 is 0 Å². The van der Waals surface area contributed by atoms with Gasteiger partial charge in [0, 0.05) is 17.0 Å². The molecule has 0 aliphatic carbocycles. The zero-order chi connectivity index (χ0) is 12.2. The van der Waals surface area contributed by atoms with Gasteiger partial charge in [0.15, 0.2) is 0 Å². The van der Waals surface area contributed by atoms with E-state index in [-0.39, 0.29) is 5.56 Å². The Balaban J connectivity index is 2.72. The van der Waals surface area contributed by atoms with Crippen LogP contribution >= 0.6 is 22.9 Å². The van der Waals surface area contributed by atoms with Gasteiger partial charge in [-0.15, -0.1) is 16.4 Å². The third-order valence-electron chi connectivity index (χ3n) is 2.87. The highest BCUT2D eigenvalue weighted by Gasteiger charge is 2.15. The number of thiophene rings is 1. The summed E-state index contributed by atoms with van der Waals surface area (Å²) in [6.07, 6.45) is 1.52. The second-order valence-corrected chi connectivity index (χ2v) is 5.27. The van der Waals surface area contributed by atoms with Crippen LogP contribution in [0.25, 0.3) is 20.3 Å². The van der Waals surface area contributed by atoms with Gasteiger partial charge in [-0.3, -0.25) is 4.79 Å². The van der Waals surface area contributed by atoms with Gasteiger partial charge in [-0.2, -0.15) is 5.10 Å². The first-order chi connectivity index (χ1) is 8.09. The van der Waals surface area contributed by atoms with Gasteiger partial charge in [0.1, 0.15) is 9.53 Å². The molecule has 0 unspecified atom stereocenters. The fourth-order valence-electron chi connectivity index (χ4n) is 1.87. The number of hydrogen-bond acceptors (Lipinski definition) is 4. The van der Waals surface area contributed by atoms with E-state index in [4.69, 9.17) is 11.6 Å². The molecule has 6 heteroatoms. The van der Waals surface area contributed by atoms with Crippen LogP contribution in [0.4, 0.5) is 0 Å². The lowest BCUT2D eigenvalue weighted by atomic mass is 10.1. The van der Waals surface area contributed by atoms with Gasteiger partial charge in [-0.25, -0.2) is 0 Å². The van der Waals surface area contributed by atoms with Crippen molar-refractivity contribution >= 4 is 43.2 Å². The largest absolute Gasteiger partial charge is 0.326 e. The Morgan fingerprint density at radius 3 is 2.82 bits per heavy atom. The second-order valence-electron chi connectivity index (χ2n) is 3.86. The van der Waals surface area contributed by atoms with Crippen molar-refractivity contribution in [2.75, 3.05) is 0 Å². The van der Waals surface area contributed by atoms with Crippen molar-refractivity contribution < 1.29 is 0 Å².